The third kappa shape index (κ3) is 8.32. The molecule has 0 aromatic heterocycles. The SMILES string of the molecule is CC[Si](CC)(CC)O[C@H]1C(=S)N[C@H](COCc2ccccc2)[C@@H](OCc2ccccc2)[C@@H]1OCc1ccccc1. The average Bonchev–Trinajstić information content (AvgIpc) is 3.01. The molecular weight excluding hydrogens is 535 g/mol. The lowest BCUT2D eigenvalue weighted by Crippen LogP contribution is -2.67. The van der Waals surface area contributed by atoms with Crippen LogP contribution in [-0.4, -0.2) is 44.3 Å². The highest BCUT2D eigenvalue weighted by atomic mass is 32.1. The fraction of sp³-hybridized carbons (Fsp3) is 0.424. The standard InChI is InChI=1S/C33H43NO4SSi/c1-4-40(5-2,6-3)38-32-31(37-24-28-20-14-9-15-21-28)30(36-23-27-18-12-8-13-19-27)29(34-33(32)39)25-35-22-26-16-10-7-11-17-26/h7-21,29-32H,4-6,22-25H2,1-3H3,(H,34,39)/t29-,30-,31+,32-/m1/s1. The number of piperidine rings is 1. The molecule has 1 saturated heterocycles. The first-order chi connectivity index (χ1) is 19.6. The average molecular weight is 578 g/mol. The van der Waals surface area contributed by atoms with E-state index >= 15 is 0 Å². The van der Waals surface area contributed by atoms with Crippen LogP contribution in [0.2, 0.25) is 18.1 Å². The molecule has 40 heavy (non-hydrogen) atoms. The predicted octanol–water partition coefficient (Wildman–Crippen LogP) is 7.06. The van der Waals surface area contributed by atoms with E-state index in [1.807, 2.05) is 54.6 Å². The Morgan fingerprint density at radius 1 is 0.650 bits per heavy atom. The smallest absolute Gasteiger partial charge is 0.193 e. The van der Waals surface area contributed by atoms with E-state index in [0.29, 0.717) is 31.4 Å². The van der Waals surface area contributed by atoms with Crippen LogP contribution in [-0.2, 0) is 38.5 Å². The first-order valence-corrected chi connectivity index (χ1v) is 17.4. The summed E-state index contributed by atoms with van der Waals surface area (Å²) in [4.78, 5) is 0.679. The topological polar surface area (TPSA) is 49.0 Å². The summed E-state index contributed by atoms with van der Waals surface area (Å²) in [6.07, 6.45) is -1.08. The Kier molecular flexibility index (Phi) is 11.9. The second-order valence-corrected chi connectivity index (χ2v) is 15.6. The maximum atomic E-state index is 7.03. The van der Waals surface area contributed by atoms with Crippen LogP contribution in [0.5, 0.6) is 0 Å². The largest absolute Gasteiger partial charge is 0.405 e. The molecule has 0 unspecified atom stereocenters. The van der Waals surface area contributed by atoms with Gasteiger partial charge in [-0.2, -0.15) is 0 Å². The van der Waals surface area contributed by atoms with E-state index in [1.54, 1.807) is 0 Å². The van der Waals surface area contributed by atoms with Crippen LogP contribution in [0.15, 0.2) is 91.0 Å². The van der Waals surface area contributed by atoms with Crippen molar-refractivity contribution >= 4 is 25.5 Å². The van der Waals surface area contributed by atoms with Crippen molar-refractivity contribution in [2.45, 2.75) is 83.1 Å². The highest BCUT2D eigenvalue weighted by Gasteiger charge is 2.47. The van der Waals surface area contributed by atoms with Crippen molar-refractivity contribution in [3.63, 3.8) is 0 Å². The van der Waals surface area contributed by atoms with Crippen LogP contribution in [0.1, 0.15) is 37.5 Å². The van der Waals surface area contributed by atoms with Crippen molar-refractivity contribution in [1.29, 1.82) is 0 Å². The van der Waals surface area contributed by atoms with Crippen molar-refractivity contribution in [2.24, 2.45) is 0 Å². The Morgan fingerprint density at radius 2 is 1.10 bits per heavy atom. The summed E-state index contributed by atoms with van der Waals surface area (Å²) in [5, 5.41) is 3.56. The molecular formula is C33H43NO4SSi. The molecule has 4 atom stereocenters. The van der Waals surface area contributed by atoms with Gasteiger partial charge in [0, 0.05) is 0 Å². The lowest BCUT2D eigenvalue weighted by Gasteiger charge is -2.46. The normalized spacial score (nSPS) is 21.2. The van der Waals surface area contributed by atoms with Gasteiger partial charge in [-0.05, 0) is 34.8 Å². The highest BCUT2D eigenvalue weighted by Crippen LogP contribution is 2.31. The van der Waals surface area contributed by atoms with Gasteiger partial charge < -0.3 is 24.0 Å². The van der Waals surface area contributed by atoms with E-state index in [1.165, 1.54) is 0 Å². The maximum Gasteiger partial charge on any atom is 0.193 e. The summed E-state index contributed by atoms with van der Waals surface area (Å²) >= 11 is 5.99. The van der Waals surface area contributed by atoms with E-state index in [2.05, 4.69) is 62.5 Å². The fourth-order valence-corrected chi connectivity index (χ4v) is 8.44. The zero-order valence-corrected chi connectivity index (χ0v) is 25.8. The second-order valence-electron chi connectivity index (χ2n) is 10.4. The molecule has 4 rings (SSSR count). The number of rotatable bonds is 15. The minimum atomic E-state index is -2.00. The third-order valence-electron chi connectivity index (χ3n) is 7.89. The molecule has 3 aromatic rings. The maximum absolute atomic E-state index is 7.03. The summed E-state index contributed by atoms with van der Waals surface area (Å²) in [5.41, 5.74) is 3.35. The lowest BCUT2D eigenvalue weighted by molar-refractivity contribution is -0.139. The molecule has 1 fully saturated rings. The molecule has 0 radical (unpaired) electrons. The lowest BCUT2D eigenvalue weighted by atomic mass is 9.95. The minimum Gasteiger partial charge on any atom is -0.405 e. The summed E-state index contributed by atoms with van der Waals surface area (Å²) in [7, 11) is -2.00. The molecule has 1 aliphatic heterocycles. The van der Waals surface area contributed by atoms with Gasteiger partial charge in [-0.25, -0.2) is 0 Å². The van der Waals surface area contributed by atoms with Crippen LogP contribution >= 0.6 is 12.2 Å². The Hall–Kier alpha value is -2.39. The Bertz CT molecular complexity index is 1140. The minimum absolute atomic E-state index is 0.179. The highest BCUT2D eigenvalue weighted by molar-refractivity contribution is 7.80. The number of nitrogens with one attached hydrogen (secondary N) is 1. The van der Waals surface area contributed by atoms with E-state index in [-0.39, 0.29) is 24.4 Å². The van der Waals surface area contributed by atoms with Crippen LogP contribution in [0.3, 0.4) is 0 Å². The summed E-state index contributed by atoms with van der Waals surface area (Å²) in [6, 6.07) is 33.6. The molecule has 0 aliphatic carbocycles. The zero-order valence-electron chi connectivity index (χ0n) is 24.0. The molecule has 1 aliphatic rings. The van der Waals surface area contributed by atoms with Gasteiger partial charge in [-0.1, -0.05) is 124 Å². The second kappa shape index (κ2) is 15.6. The van der Waals surface area contributed by atoms with E-state index in [9.17, 15) is 0 Å². The molecule has 7 heteroatoms. The van der Waals surface area contributed by atoms with Gasteiger partial charge >= 0.3 is 0 Å². The molecule has 0 bridgehead atoms. The quantitative estimate of drug-likeness (QED) is 0.154. The summed E-state index contributed by atoms with van der Waals surface area (Å²) in [5.74, 6) is 0. The van der Waals surface area contributed by atoms with E-state index in [0.717, 1.165) is 34.8 Å². The number of thiocarbonyl (C=S) groups is 1. The van der Waals surface area contributed by atoms with Gasteiger partial charge in [0.1, 0.15) is 23.3 Å². The number of ether oxygens (including phenoxy) is 3. The Balaban J connectivity index is 1.60. The Labute approximate surface area is 246 Å². The molecule has 0 spiro atoms. The number of hydrogen-bond donors (Lipinski definition) is 1. The fourth-order valence-electron chi connectivity index (χ4n) is 5.23. The summed E-state index contributed by atoms with van der Waals surface area (Å²) < 4.78 is 26.6. The van der Waals surface area contributed by atoms with Crippen molar-refractivity contribution in [3.05, 3.63) is 108 Å². The van der Waals surface area contributed by atoms with Crippen molar-refractivity contribution in [1.82, 2.24) is 5.32 Å². The van der Waals surface area contributed by atoms with Crippen LogP contribution in [0, 0.1) is 0 Å². The Morgan fingerprint density at radius 3 is 1.57 bits per heavy atom. The van der Waals surface area contributed by atoms with Gasteiger partial charge in [-0.3, -0.25) is 0 Å². The van der Waals surface area contributed by atoms with Crippen LogP contribution < -0.4 is 5.32 Å². The summed E-state index contributed by atoms with van der Waals surface area (Å²) in [6.45, 7) is 8.58. The van der Waals surface area contributed by atoms with Crippen LogP contribution in [0.4, 0.5) is 0 Å². The van der Waals surface area contributed by atoms with Crippen molar-refractivity contribution in [2.75, 3.05) is 6.61 Å². The molecule has 0 amide bonds. The molecule has 1 heterocycles. The van der Waals surface area contributed by atoms with Gasteiger partial charge in [0.15, 0.2) is 8.32 Å². The van der Waals surface area contributed by atoms with Gasteiger partial charge in [-0.15, -0.1) is 0 Å². The van der Waals surface area contributed by atoms with Crippen molar-refractivity contribution in [3.8, 4) is 0 Å². The first kappa shape index (κ1) is 30.6. The monoisotopic (exact) mass is 577 g/mol. The van der Waals surface area contributed by atoms with Gasteiger partial charge in [0.25, 0.3) is 0 Å². The molecule has 5 nitrogen and oxygen atoms in total. The van der Waals surface area contributed by atoms with Gasteiger partial charge in [0.2, 0.25) is 0 Å². The van der Waals surface area contributed by atoms with E-state index in [4.69, 9.17) is 30.9 Å². The molecule has 3 aromatic carbocycles. The number of benzene rings is 3. The van der Waals surface area contributed by atoms with Crippen LogP contribution in [0.25, 0.3) is 0 Å². The van der Waals surface area contributed by atoms with Crippen molar-refractivity contribution < 1.29 is 18.6 Å². The number of hydrogen-bond acceptors (Lipinski definition) is 5. The molecule has 1 N–H and O–H groups in total. The predicted molar refractivity (Wildman–Crippen MR) is 168 cm³/mol. The first-order valence-electron chi connectivity index (χ1n) is 14.5. The zero-order chi connectivity index (χ0) is 28.2. The third-order valence-corrected chi connectivity index (χ3v) is 12.9. The van der Waals surface area contributed by atoms with Gasteiger partial charge in [0.05, 0.1) is 32.5 Å². The van der Waals surface area contributed by atoms with E-state index < -0.39 is 8.32 Å². The molecule has 214 valence electrons. The molecule has 0 saturated carbocycles.